The van der Waals surface area contributed by atoms with E-state index in [4.69, 9.17) is 9.97 Å². The number of rotatable bonds is 3. The highest BCUT2D eigenvalue weighted by molar-refractivity contribution is 5.81. The number of nitriles is 1. The van der Waals surface area contributed by atoms with Crippen LogP contribution in [0, 0.1) is 52.9 Å². The maximum atomic E-state index is 9.62. The lowest BCUT2D eigenvalue weighted by atomic mass is 9.95. The summed E-state index contributed by atoms with van der Waals surface area (Å²) in [4.78, 5) is 10.0. The SMILES string of the molecule is Cc1cc(C)cc(-c2ncc(-c3ccc(C)c(C#N)c3C)nc2-c2cc(C)cc(C)c2)c1. The quantitative estimate of drug-likeness (QED) is 0.354. The highest BCUT2D eigenvalue weighted by atomic mass is 14.8. The third kappa shape index (κ3) is 4.05. The van der Waals surface area contributed by atoms with Crippen molar-refractivity contribution >= 4 is 0 Å². The molecule has 1 aromatic heterocycles. The minimum Gasteiger partial charge on any atom is -0.252 e. The zero-order valence-electron chi connectivity index (χ0n) is 19.5. The summed E-state index contributed by atoms with van der Waals surface area (Å²) in [6.07, 6.45) is 1.83. The summed E-state index contributed by atoms with van der Waals surface area (Å²) in [5, 5.41) is 9.62. The molecule has 0 aliphatic carbocycles. The molecule has 3 aromatic carbocycles. The molecular formula is C29H27N3. The number of hydrogen-bond acceptors (Lipinski definition) is 3. The number of aryl methyl sites for hydroxylation is 5. The van der Waals surface area contributed by atoms with Crippen molar-refractivity contribution in [3.05, 3.63) is 93.7 Å². The lowest BCUT2D eigenvalue weighted by Gasteiger charge is -2.15. The molecule has 0 saturated carbocycles. The van der Waals surface area contributed by atoms with Crippen molar-refractivity contribution in [1.29, 1.82) is 5.26 Å². The third-order valence-corrected chi connectivity index (χ3v) is 5.82. The van der Waals surface area contributed by atoms with E-state index in [0.717, 1.165) is 44.9 Å². The summed E-state index contributed by atoms with van der Waals surface area (Å²) in [6.45, 7) is 12.4. The molecule has 4 aromatic rings. The predicted molar refractivity (Wildman–Crippen MR) is 131 cm³/mol. The van der Waals surface area contributed by atoms with Gasteiger partial charge in [-0.2, -0.15) is 5.26 Å². The zero-order chi connectivity index (χ0) is 23.0. The van der Waals surface area contributed by atoms with Gasteiger partial charge in [-0.15, -0.1) is 0 Å². The third-order valence-electron chi connectivity index (χ3n) is 5.82. The van der Waals surface area contributed by atoms with E-state index in [1.165, 1.54) is 22.3 Å². The van der Waals surface area contributed by atoms with E-state index in [1.54, 1.807) is 0 Å². The molecule has 1 heterocycles. The Kier molecular flexibility index (Phi) is 5.63. The molecule has 0 radical (unpaired) electrons. The van der Waals surface area contributed by atoms with Crippen LogP contribution in [0.3, 0.4) is 0 Å². The van der Waals surface area contributed by atoms with Crippen molar-refractivity contribution < 1.29 is 0 Å². The molecule has 0 aliphatic rings. The monoisotopic (exact) mass is 417 g/mol. The smallest absolute Gasteiger partial charge is 0.0997 e. The Balaban J connectivity index is 2.01. The van der Waals surface area contributed by atoms with Crippen molar-refractivity contribution in [2.45, 2.75) is 41.5 Å². The molecule has 0 fully saturated rings. The van der Waals surface area contributed by atoms with Crippen LogP contribution >= 0.6 is 0 Å². The highest BCUT2D eigenvalue weighted by Crippen LogP contribution is 2.34. The highest BCUT2D eigenvalue weighted by Gasteiger charge is 2.17. The molecular weight excluding hydrogens is 390 g/mol. The maximum absolute atomic E-state index is 9.62. The Morgan fingerprint density at radius 1 is 0.688 bits per heavy atom. The average molecular weight is 418 g/mol. The molecule has 0 saturated heterocycles. The van der Waals surface area contributed by atoms with E-state index in [9.17, 15) is 5.26 Å². The van der Waals surface area contributed by atoms with Crippen LogP contribution in [-0.2, 0) is 0 Å². The number of hydrogen-bond donors (Lipinski definition) is 0. The van der Waals surface area contributed by atoms with Crippen LogP contribution in [-0.4, -0.2) is 9.97 Å². The van der Waals surface area contributed by atoms with Crippen LogP contribution in [0.15, 0.2) is 54.7 Å². The van der Waals surface area contributed by atoms with Crippen LogP contribution in [0.5, 0.6) is 0 Å². The van der Waals surface area contributed by atoms with E-state index < -0.39 is 0 Å². The Hall–Kier alpha value is -3.77. The van der Waals surface area contributed by atoms with Gasteiger partial charge in [0.25, 0.3) is 0 Å². The van der Waals surface area contributed by atoms with Gasteiger partial charge >= 0.3 is 0 Å². The van der Waals surface area contributed by atoms with E-state index in [1.807, 2.05) is 32.2 Å². The summed E-state index contributed by atoms with van der Waals surface area (Å²) in [7, 11) is 0. The van der Waals surface area contributed by atoms with Gasteiger partial charge in [0.15, 0.2) is 0 Å². The maximum Gasteiger partial charge on any atom is 0.0997 e. The lowest BCUT2D eigenvalue weighted by molar-refractivity contribution is 1.19. The number of benzene rings is 3. The van der Waals surface area contributed by atoms with Crippen LogP contribution in [0.25, 0.3) is 33.8 Å². The fraction of sp³-hybridized carbons (Fsp3) is 0.207. The van der Waals surface area contributed by atoms with Gasteiger partial charge in [-0.05, 0) is 76.9 Å². The van der Waals surface area contributed by atoms with E-state index in [0.29, 0.717) is 5.56 Å². The molecule has 32 heavy (non-hydrogen) atoms. The summed E-state index contributed by atoms with van der Waals surface area (Å²) in [6, 6.07) is 19.3. The standard InChI is InChI=1S/C29H27N3/c1-17-9-18(2)12-23(11-17)28-29(24-13-19(3)10-20(4)14-24)32-27(16-31-28)25-8-7-21(5)26(15-30)22(25)6/h7-14,16H,1-6H3. The van der Waals surface area contributed by atoms with Crippen molar-refractivity contribution in [3.8, 4) is 39.8 Å². The van der Waals surface area contributed by atoms with Gasteiger partial charge in [-0.25, -0.2) is 4.98 Å². The molecule has 0 unspecified atom stereocenters. The van der Waals surface area contributed by atoms with Gasteiger partial charge in [0, 0.05) is 16.7 Å². The van der Waals surface area contributed by atoms with Crippen molar-refractivity contribution in [2.75, 3.05) is 0 Å². The first-order chi connectivity index (χ1) is 15.3. The minimum atomic E-state index is 0.704. The van der Waals surface area contributed by atoms with Gasteiger partial charge in [0.2, 0.25) is 0 Å². The average Bonchev–Trinajstić information content (AvgIpc) is 2.72. The Morgan fingerprint density at radius 3 is 1.75 bits per heavy atom. The van der Waals surface area contributed by atoms with Crippen molar-refractivity contribution in [2.24, 2.45) is 0 Å². The lowest BCUT2D eigenvalue weighted by Crippen LogP contribution is -1.99. The first-order valence-electron chi connectivity index (χ1n) is 10.8. The summed E-state index contributed by atoms with van der Waals surface area (Å²) in [5.41, 5.74) is 13.0. The molecule has 3 heteroatoms. The van der Waals surface area contributed by atoms with Crippen LogP contribution in [0.4, 0.5) is 0 Å². The Bertz CT molecular complexity index is 1350. The van der Waals surface area contributed by atoms with Crippen LogP contribution in [0.1, 0.15) is 38.9 Å². The van der Waals surface area contributed by atoms with E-state index >= 15 is 0 Å². The topological polar surface area (TPSA) is 49.6 Å². The summed E-state index contributed by atoms with van der Waals surface area (Å²) >= 11 is 0. The second-order valence-electron chi connectivity index (χ2n) is 8.75. The molecule has 0 atom stereocenters. The largest absolute Gasteiger partial charge is 0.252 e. The molecule has 0 spiro atoms. The number of aromatic nitrogens is 2. The normalized spacial score (nSPS) is 10.8. The van der Waals surface area contributed by atoms with E-state index in [2.05, 4.69) is 70.2 Å². The minimum absolute atomic E-state index is 0.704. The van der Waals surface area contributed by atoms with E-state index in [-0.39, 0.29) is 0 Å². The summed E-state index contributed by atoms with van der Waals surface area (Å²) in [5.74, 6) is 0. The molecule has 0 amide bonds. The molecule has 0 N–H and O–H groups in total. The van der Waals surface area contributed by atoms with Gasteiger partial charge in [-0.3, -0.25) is 4.98 Å². The Morgan fingerprint density at radius 2 is 1.22 bits per heavy atom. The fourth-order valence-electron chi connectivity index (χ4n) is 4.45. The van der Waals surface area contributed by atoms with Crippen LogP contribution < -0.4 is 0 Å². The molecule has 0 bridgehead atoms. The molecule has 0 aliphatic heterocycles. The first-order valence-corrected chi connectivity index (χ1v) is 10.8. The summed E-state index contributed by atoms with van der Waals surface area (Å²) < 4.78 is 0. The molecule has 3 nitrogen and oxygen atoms in total. The Labute approximate surface area is 190 Å². The zero-order valence-corrected chi connectivity index (χ0v) is 19.5. The van der Waals surface area contributed by atoms with Gasteiger partial charge < -0.3 is 0 Å². The fourth-order valence-corrected chi connectivity index (χ4v) is 4.45. The second kappa shape index (κ2) is 8.40. The predicted octanol–water partition coefficient (Wildman–Crippen LogP) is 7.20. The first kappa shape index (κ1) is 21.5. The van der Waals surface area contributed by atoms with Gasteiger partial charge in [0.05, 0.1) is 34.9 Å². The van der Waals surface area contributed by atoms with Crippen molar-refractivity contribution in [3.63, 3.8) is 0 Å². The van der Waals surface area contributed by atoms with Crippen molar-refractivity contribution in [1.82, 2.24) is 9.97 Å². The van der Waals surface area contributed by atoms with Gasteiger partial charge in [-0.1, -0.05) is 46.5 Å². The second-order valence-corrected chi connectivity index (χ2v) is 8.75. The molecule has 4 rings (SSSR count). The van der Waals surface area contributed by atoms with Gasteiger partial charge in [0.1, 0.15) is 0 Å². The molecule has 158 valence electrons. The number of nitrogens with zero attached hydrogens (tertiary/aromatic N) is 3. The van der Waals surface area contributed by atoms with Crippen LogP contribution in [0.2, 0.25) is 0 Å².